The summed E-state index contributed by atoms with van der Waals surface area (Å²) >= 11 is 1.61. The van der Waals surface area contributed by atoms with Crippen LogP contribution in [0, 0.1) is 11.8 Å². The normalized spacial score (nSPS) is 23.0. The minimum absolute atomic E-state index is 0.181. The molecule has 0 aliphatic carbocycles. The number of thiophene rings is 1. The lowest BCUT2D eigenvalue weighted by molar-refractivity contribution is 0.0628. The van der Waals surface area contributed by atoms with Crippen LogP contribution in [0.15, 0.2) is 30.3 Å². The Bertz CT molecular complexity index is 742. The molecule has 1 aromatic heterocycles. The zero-order chi connectivity index (χ0) is 16.0. The molecule has 0 bridgehead atoms. The molecule has 1 saturated heterocycles. The Kier molecular flexibility index (Phi) is 3.64. The zero-order valence-corrected chi connectivity index (χ0v) is 14.4. The fraction of sp³-hybridized carbons (Fsp3) is 0.421. The van der Waals surface area contributed by atoms with Crippen molar-refractivity contribution in [2.24, 2.45) is 11.8 Å². The fourth-order valence-electron chi connectivity index (χ4n) is 3.79. The lowest BCUT2D eigenvalue weighted by Crippen LogP contribution is -2.42. The lowest BCUT2D eigenvalue weighted by atomic mass is 9.92. The number of rotatable bonds is 1. The molecule has 1 fully saturated rings. The van der Waals surface area contributed by atoms with E-state index < -0.39 is 0 Å². The van der Waals surface area contributed by atoms with E-state index >= 15 is 0 Å². The smallest absolute Gasteiger partial charge is 0.263 e. The summed E-state index contributed by atoms with van der Waals surface area (Å²) in [6.45, 7) is 6.78. The average Bonchev–Trinajstić information content (AvgIpc) is 2.98. The predicted octanol–water partition coefficient (Wildman–Crippen LogP) is 4.43. The second kappa shape index (κ2) is 5.68. The number of ether oxygens (including phenoxy) is 1. The molecule has 23 heavy (non-hydrogen) atoms. The maximum Gasteiger partial charge on any atom is 0.263 e. The molecule has 0 unspecified atom stereocenters. The van der Waals surface area contributed by atoms with Gasteiger partial charge in [-0.1, -0.05) is 26.0 Å². The molecule has 0 radical (unpaired) electrons. The number of carbonyl (C=O) groups excluding carboxylic acids is 1. The molecule has 2 aliphatic rings. The second-order valence-electron chi connectivity index (χ2n) is 6.91. The van der Waals surface area contributed by atoms with Gasteiger partial charge in [0.1, 0.15) is 12.4 Å². The number of amides is 1. The van der Waals surface area contributed by atoms with Crippen LogP contribution in [-0.2, 0) is 6.61 Å². The molecule has 1 aromatic carbocycles. The van der Waals surface area contributed by atoms with Gasteiger partial charge in [0.25, 0.3) is 5.91 Å². The first-order chi connectivity index (χ1) is 11.1. The Balaban J connectivity index is 1.65. The number of benzene rings is 1. The second-order valence-corrected chi connectivity index (χ2v) is 7.96. The van der Waals surface area contributed by atoms with Crippen LogP contribution < -0.4 is 4.74 Å². The highest BCUT2D eigenvalue weighted by Gasteiger charge is 2.29. The van der Waals surface area contributed by atoms with Crippen LogP contribution in [0.1, 0.15) is 35.5 Å². The van der Waals surface area contributed by atoms with Crippen molar-refractivity contribution in [3.05, 3.63) is 40.8 Å². The van der Waals surface area contributed by atoms with Crippen LogP contribution in [0.5, 0.6) is 5.75 Å². The van der Waals surface area contributed by atoms with Crippen molar-refractivity contribution in [2.75, 3.05) is 13.1 Å². The maximum absolute atomic E-state index is 12.9. The number of piperidine rings is 1. The van der Waals surface area contributed by atoms with E-state index in [0.717, 1.165) is 34.8 Å². The van der Waals surface area contributed by atoms with Crippen molar-refractivity contribution in [1.82, 2.24) is 4.90 Å². The highest BCUT2D eigenvalue weighted by atomic mass is 32.1. The molecule has 0 spiro atoms. The molecule has 0 N–H and O–H groups in total. The molecule has 0 saturated carbocycles. The van der Waals surface area contributed by atoms with Crippen molar-refractivity contribution in [3.8, 4) is 16.2 Å². The molecule has 120 valence electrons. The minimum atomic E-state index is 0.181. The van der Waals surface area contributed by atoms with Gasteiger partial charge in [0, 0.05) is 29.1 Å². The van der Waals surface area contributed by atoms with Crippen molar-refractivity contribution >= 4 is 17.2 Å². The van der Waals surface area contributed by atoms with Crippen molar-refractivity contribution in [2.45, 2.75) is 26.9 Å². The standard InChI is InChI=1S/C19H21NO2S/c1-12-7-13(2)10-20(9-12)19(21)17-8-14-11-22-16-6-4-3-5-15(16)18(14)23-17/h3-6,8,12-13H,7,9-11H2,1-2H3/t12-,13-/m0/s1. The summed E-state index contributed by atoms with van der Waals surface area (Å²) in [5.74, 6) is 2.27. The van der Waals surface area contributed by atoms with Gasteiger partial charge in [-0.15, -0.1) is 11.3 Å². The third-order valence-corrected chi connectivity index (χ3v) is 5.89. The van der Waals surface area contributed by atoms with Gasteiger partial charge in [-0.2, -0.15) is 0 Å². The van der Waals surface area contributed by atoms with Crippen LogP contribution in [0.4, 0.5) is 0 Å². The number of likely N-dealkylation sites (tertiary alicyclic amines) is 1. The maximum atomic E-state index is 12.9. The van der Waals surface area contributed by atoms with Gasteiger partial charge in [-0.3, -0.25) is 4.79 Å². The van der Waals surface area contributed by atoms with Crippen LogP contribution in [0.25, 0.3) is 10.4 Å². The van der Waals surface area contributed by atoms with Crippen LogP contribution >= 0.6 is 11.3 Å². The van der Waals surface area contributed by atoms with E-state index in [2.05, 4.69) is 19.9 Å². The van der Waals surface area contributed by atoms with Crippen molar-refractivity contribution in [1.29, 1.82) is 0 Å². The first-order valence-corrected chi connectivity index (χ1v) is 9.07. The first-order valence-electron chi connectivity index (χ1n) is 8.26. The first kappa shape index (κ1) is 14.8. The Morgan fingerprint density at radius 2 is 1.96 bits per heavy atom. The monoisotopic (exact) mass is 327 g/mol. The van der Waals surface area contributed by atoms with E-state index in [1.807, 2.05) is 29.2 Å². The molecule has 4 rings (SSSR count). The summed E-state index contributed by atoms with van der Waals surface area (Å²) in [4.78, 5) is 17.0. The summed E-state index contributed by atoms with van der Waals surface area (Å²) in [6, 6.07) is 10.1. The number of hydrogen-bond donors (Lipinski definition) is 0. The summed E-state index contributed by atoms with van der Waals surface area (Å²) in [5.41, 5.74) is 2.24. The summed E-state index contributed by atoms with van der Waals surface area (Å²) in [7, 11) is 0. The lowest BCUT2D eigenvalue weighted by Gasteiger charge is -2.34. The molecule has 1 amide bonds. The minimum Gasteiger partial charge on any atom is -0.488 e. The summed E-state index contributed by atoms with van der Waals surface area (Å²) in [6.07, 6.45) is 1.21. The molecule has 2 aromatic rings. The van der Waals surface area contributed by atoms with Gasteiger partial charge in [0.2, 0.25) is 0 Å². The zero-order valence-electron chi connectivity index (χ0n) is 13.5. The summed E-state index contributed by atoms with van der Waals surface area (Å²) < 4.78 is 5.80. The molecule has 2 aliphatic heterocycles. The molecular weight excluding hydrogens is 306 g/mol. The fourth-order valence-corrected chi connectivity index (χ4v) is 4.95. The molecule has 4 heteroatoms. The number of fused-ring (bicyclic) bond motifs is 3. The van der Waals surface area contributed by atoms with E-state index in [0.29, 0.717) is 18.4 Å². The molecule has 3 heterocycles. The number of para-hydroxylation sites is 1. The van der Waals surface area contributed by atoms with E-state index in [4.69, 9.17) is 4.74 Å². The number of nitrogens with zero attached hydrogens (tertiary/aromatic N) is 1. The van der Waals surface area contributed by atoms with E-state index in [1.54, 1.807) is 11.3 Å². The third kappa shape index (κ3) is 2.65. The van der Waals surface area contributed by atoms with Gasteiger partial charge < -0.3 is 9.64 Å². The van der Waals surface area contributed by atoms with Gasteiger partial charge in [0.15, 0.2) is 0 Å². The SMILES string of the molecule is C[C@H]1C[C@H](C)CN(C(=O)c2cc3c(s2)-c2ccccc2OC3)C1. The van der Waals surface area contributed by atoms with Crippen molar-refractivity contribution in [3.63, 3.8) is 0 Å². The van der Waals surface area contributed by atoms with Gasteiger partial charge >= 0.3 is 0 Å². The van der Waals surface area contributed by atoms with Crippen LogP contribution in [-0.4, -0.2) is 23.9 Å². The quantitative estimate of drug-likeness (QED) is 0.775. The van der Waals surface area contributed by atoms with E-state index in [9.17, 15) is 4.79 Å². The van der Waals surface area contributed by atoms with Crippen LogP contribution in [0.3, 0.4) is 0 Å². The van der Waals surface area contributed by atoms with Crippen LogP contribution in [0.2, 0.25) is 0 Å². The third-order valence-electron chi connectivity index (χ3n) is 4.69. The molecular formula is C19H21NO2S. The largest absolute Gasteiger partial charge is 0.488 e. The Labute approximate surface area is 140 Å². The van der Waals surface area contributed by atoms with Gasteiger partial charge in [-0.25, -0.2) is 0 Å². The Morgan fingerprint density at radius 3 is 2.74 bits per heavy atom. The molecule has 2 atom stereocenters. The summed E-state index contributed by atoms with van der Waals surface area (Å²) in [5, 5.41) is 0. The Morgan fingerprint density at radius 1 is 1.22 bits per heavy atom. The Hall–Kier alpha value is -1.81. The predicted molar refractivity (Wildman–Crippen MR) is 92.9 cm³/mol. The van der Waals surface area contributed by atoms with E-state index in [1.165, 1.54) is 11.3 Å². The average molecular weight is 327 g/mol. The van der Waals surface area contributed by atoms with Crippen molar-refractivity contribution < 1.29 is 9.53 Å². The number of hydrogen-bond acceptors (Lipinski definition) is 3. The van der Waals surface area contributed by atoms with E-state index in [-0.39, 0.29) is 5.91 Å². The van der Waals surface area contributed by atoms with Gasteiger partial charge in [0.05, 0.1) is 4.88 Å². The van der Waals surface area contributed by atoms with Gasteiger partial charge in [-0.05, 0) is 36.5 Å². The number of carbonyl (C=O) groups is 1. The highest BCUT2D eigenvalue weighted by Crippen LogP contribution is 2.42. The highest BCUT2D eigenvalue weighted by molar-refractivity contribution is 7.17. The molecule has 3 nitrogen and oxygen atoms in total. The topological polar surface area (TPSA) is 29.5 Å².